The Bertz CT molecular complexity index is 476. The second-order valence-electron chi connectivity index (χ2n) is 6.11. The van der Waals surface area contributed by atoms with Gasteiger partial charge in [-0.3, -0.25) is 4.99 Å². The largest absolute Gasteiger partial charge is 0.373 e. The van der Waals surface area contributed by atoms with Gasteiger partial charge in [0.05, 0.1) is 6.10 Å². The second-order valence-corrected chi connectivity index (χ2v) is 6.11. The maximum Gasteiger partial charge on any atom is 0.188 e. The molecule has 1 aliphatic rings. The van der Waals surface area contributed by atoms with Crippen LogP contribution in [0.5, 0.6) is 0 Å². The fourth-order valence-electron chi connectivity index (χ4n) is 2.82. The van der Waals surface area contributed by atoms with Crippen molar-refractivity contribution in [1.29, 1.82) is 0 Å². The molecule has 0 spiro atoms. The molecule has 1 heterocycles. The Morgan fingerprint density at radius 3 is 2.78 bits per heavy atom. The maximum absolute atomic E-state index is 6.02. The minimum Gasteiger partial charge on any atom is -0.373 e. The lowest BCUT2D eigenvalue weighted by Gasteiger charge is -2.31. The van der Waals surface area contributed by atoms with Crippen molar-refractivity contribution in [2.45, 2.75) is 45.6 Å². The second kappa shape index (κ2) is 10.9. The number of aliphatic imine (C=N–C) groups is 1. The zero-order chi connectivity index (χ0) is 15.8. The standard InChI is InChI=1S/C18H29N3O.HI/c1-3-4-11-20-18(19)21-13-16-6-5-12-22-17(16)15-9-7-14(2)8-10-15;/h7-10,16-17H,3-6,11-13H2,1-2H3,(H3,19,20,21);1H. The van der Waals surface area contributed by atoms with Crippen LogP contribution in [0.1, 0.15) is 49.8 Å². The molecule has 5 heteroatoms. The van der Waals surface area contributed by atoms with E-state index in [-0.39, 0.29) is 30.1 Å². The number of nitrogens with zero attached hydrogens (tertiary/aromatic N) is 1. The Kier molecular flexibility index (Phi) is 9.55. The first kappa shape index (κ1) is 20.2. The minimum absolute atomic E-state index is 0. The molecule has 4 nitrogen and oxygen atoms in total. The number of aryl methyl sites for hydroxylation is 1. The Hall–Kier alpha value is -0.820. The summed E-state index contributed by atoms with van der Waals surface area (Å²) in [6, 6.07) is 8.64. The topological polar surface area (TPSA) is 59.6 Å². The number of guanidine groups is 1. The summed E-state index contributed by atoms with van der Waals surface area (Å²) < 4.78 is 6.02. The van der Waals surface area contributed by atoms with E-state index in [0.717, 1.165) is 45.4 Å². The average Bonchev–Trinajstić information content (AvgIpc) is 2.54. The van der Waals surface area contributed by atoms with Gasteiger partial charge < -0.3 is 15.8 Å². The number of nitrogens with two attached hydrogens (primary N) is 1. The molecular weight excluding hydrogens is 401 g/mol. The molecule has 0 aliphatic carbocycles. The van der Waals surface area contributed by atoms with Crippen molar-refractivity contribution in [3.8, 4) is 0 Å². The van der Waals surface area contributed by atoms with Crippen LogP contribution in [-0.2, 0) is 4.74 Å². The molecule has 2 rings (SSSR count). The van der Waals surface area contributed by atoms with E-state index in [1.165, 1.54) is 11.1 Å². The van der Waals surface area contributed by atoms with Gasteiger partial charge in [0.15, 0.2) is 5.96 Å². The first-order valence-electron chi connectivity index (χ1n) is 8.42. The molecule has 0 bridgehead atoms. The SMILES string of the molecule is CCCCNC(N)=NCC1CCCOC1c1ccc(C)cc1.I. The zero-order valence-electron chi connectivity index (χ0n) is 14.3. The summed E-state index contributed by atoms with van der Waals surface area (Å²) in [6.07, 6.45) is 4.67. The molecule has 0 aromatic heterocycles. The van der Waals surface area contributed by atoms with Crippen LogP contribution in [0.15, 0.2) is 29.3 Å². The van der Waals surface area contributed by atoms with Gasteiger partial charge in [-0.15, -0.1) is 24.0 Å². The van der Waals surface area contributed by atoms with Gasteiger partial charge in [-0.2, -0.15) is 0 Å². The van der Waals surface area contributed by atoms with E-state index in [0.29, 0.717) is 11.9 Å². The monoisotopic (exact) mass is 431 g/mol. The first-order chi connectivity index (χ1) is 10.7. The maximum atomic E-state index is 6.02. The summed E-state index contributed by atoms with van der Waals surface area (Å²) in [4.78, 5) is 4.52. The third-order valence-corrected chi connectivity index (χ3v) is 4.18. The number of hydrogen-bond donors (Lipinski definition) is 2. The van der Waals surface area contributed by atoms with Crippen LogP contribution in [0.4, 0.5) is 0 Å². The van der Waals surface area contributed by atoms with Crippen molar-refractivity contribution in [2.75, 3.05) is 19.7 Å². The number of nitrogens with one attached hydrogen (secondary N) is 1. The quantitative estimate of drug-likeness (QED) is 0.312. The average molecular weight is 431 g/mol. The van der Waals surface area contributed by atoms with Crippen LogP contribution in [0, 0.1) is 12.8 Å². The van der Waals surface area contributed by atoms with E-state index in [1.807, 2.05) is 0 Å². The molecule has 1 saturated heterocycles. The number of rotatable bonds is 6. The van der Waals surface area contributed by atoms with Crippen molar-refractivity contribution in [3.63, 3.8) is 0 Å². The summed E-state index contributed by atoms with van der Waals surface area (Å²) >= 11 is 0. The van der Waals surface area contributed by atoms with Gasteiger partial charge in [0.25, 0.3) is 0 Å². The van der Waals surface area contributed by atoms with Crippen LogP contribution in [0.2, 0.25) is 0 Å². The lowest BCUT2D eigenvalue weighted by Crippen LogP contribution is -2.34. The number of hydrogen-bond acceptors (Lipinski definition) is 2. The molecule has 0 saturated carbocycles. The predicted molar refractivity (Wildman–Crippen MR) is 107 cm³/mol. The minimum atomic E-state index is 0. The molecule has 3 N–H and O–H groups in total. The molecule has 0 amide bonds. The van der Waals surface area contributed by atoms with E-state index >= 15 is 0 Å². The van der Waals surface area contributed by atoms with Crippen molar-refractivity contribution < 1.29 is 4.74 Å². The molecule has 2 atom stereocenters. The van der Waals surface area contributed by atoms with E-state index in [9.17, 15) is 0 Å². The molecule has 2 unspecified atom stereocenters. The van der Waals surface area contributed by atoms with Gasteiger partial charge in [0, 0.05) is 25.6 Å². The van der Waals surface area contributed by atoms with E-state index < -0.39 is 0 Å². The van der Waals surface area contributed by atoms with Gasteiger partial charge in [-0.05, 0) is 31.7 Å². The summed E-state index contributed by atoms with van der Waals surface area (Å²) in [5.41, 5.74) is 8.46. The summed E-state index contributed by atoms with van der Waals surface area (Å²) in [7, 11) is 0. The van der Waals surface area contributed by atoms with Crippen molar-refractivity contribution >= 4 is 29.9 Å². The lowest BCUT2D eigenvalue weighted by atomic mass is 9.89. The van der Waals surface area contributed by atoms with Crippen molar-refractivity contribution in [3.05, 3.63) is 35.4 Å². The highest BCUT2D eigenvalue weighted by Crippen LogP contribution is 2.33. The van der Waals surface area contributed by atoms with Crippen LogP contribution in [-0.4, -0.2) is 25.7 Å². The van der Waals surface area contributed by atoms with Crippen LogP contribution < -0.4 is 11.1 Å². The fraction of sp³-hybridized carbons (Fsp3) is 0.611. The number of unbranched alkanes of at least 4 members (excludes halogenated alkanes) is 1. The number of benzene rings is 1. The molecule has 23 heavy (non-hydrogen) atoms. The number of halogens is 1. The Morgan fingerprint density at radius 2 is 2.09 bits per heavy atom. The molecule has 130 valence electrons. The molecule has 1 aromatic carbocycles. The number of ether oxygens (including phenoxy) is 1. The molecule has 1 aliphatic heterocycles. The van der Waals surface area contributed by atoms with Crippen LogP contribution in [0.25, 0.3) is 0 Å². The smallest absolute Gasteiger partial charge is 0.188 e. The third-order valence-electron chi connectivity index (χ3n) is 4.18. The van der Waals surface area contributed by atoms with Gasteiger partial charge in [-0.25, -0.2) is 0 Å². The molecular formula is C18H30IN3O. The van der Waals surface area contributed by atoms with E-state index in [2.05, 4.69) is 48.4 Å². The van der Waals surface area contributed by atoms with Crippen LogP contribution >= 0.6 is 24.0 Å². The Balaban J connectivity index is 0.00000264. The Labute approximate surface area is 157 Å². The highest BCUT2D eigenvalue weighted by Gasteiger charge is 2.27. The normalized spacial score (nSPS) is 21.6. The van der Waals surface area contributed by atoms with Gasteiger partial charge in [-0.1, -0.05) is 43.2 Å². The highest BCUT2D eigenvalue weighted by molar-refractivity contribution is 14.0. The van der Waals surface area contributed by atoms with E-state index in [4.69, 9.17) is 10.5 Å². The van der Waals surface area contributed by atoms with E-state index in [1.54, 1.807) is 0 Å². The summed E-state index contributed by atoms with van der Waals surface area (Å²) in [6.45, 7) is 6.73. The first-order valence-corrected chi connectivity index (χ1v) is 8.42. The van der Waals surface area contributed by atoms with Gasteiger partial charge in [0.1, 0.15) is 0 Å². The molecule has 0 radical (unpaired) electrons. The van der Waals surface area contributed by atoms with Crippen LogP contribution in [0.3, 0.4) is 0 Å². The fourth-order valence-corrected chi connectivity index (χ4v) is 2.82. The molecule has 1 aromatic rings. The van der Waals surface area contributed by atoms with Crippen molar-refractivity contribution in [1.82, 2.24) is 5.32 Å². The molecule has 1 fully saturated rings. The predicted octanol–water partition coefficient (Wildman–Crippen LogP) is 3.79. The summed E-state index contributed by atoms with van der Waals surface area (Å²) in [5.74, 6) is 0.963. The van der Waals surface area contributed by atoms with Gasteiger partial charge >= 0.3 is 0 Å². The lowest BCUT2D eigenvalue weighted by molar-refractivity contribution is -0.0250. The third kappa shape index (κ3) is 6.67. The Morgan fingerprint density at radius 1 is 1.35 bits per heavy atom. The highest BCUT2D eigenvalue weighted by atomic mass is 127. The van der Waals surface area contributed by atoms with Gasteiger partial charge in [0.2, 0.25) is 0 Å². The van der Waals surface area contributed by atoms with Crippen molar-refractivity contribution in [2.24, 2.45) is 16.6 Å². The zero-order valence-corrected chi connectivity index (χ0v) is 16.6. The summed E-state index contributed by atoms with van der Waals surface area (Å²) in [5, 5.41) is 3.17.